The average Bonchev–Trinajstić information content (AvgIpc) is 2.38. The molecule has 0 aromatic heterocycles. The van der Waals surface area contributed by atoms with Crippen LogP contribution in [0.2, 0.25) is 0 Å². The Morgan fingerprint density at radius 1 is 1.05 bits per heavy atom. The largest absolute Gasteiger partial charge is 0.342 e. The van der Waals surface area contributed by atoms with Crippen LogP contribution in [0.4, 0.5) is 0 Å². The van der Waals surface area contributed by atoms with Gasteiger partial charge in [-0.15, -0.1) is 0 Å². The molecule has 0 aromatic carbocycles. The summed E-state index contributed by atoms with van der Waals surface area (Å²) < 4.78 is 0. The molecule has 2 bridgehead atoms. The molecule has 3 heteroatoms. The molecular formula is C16H25NO2. The third kappa shape index (κ3) is 2.56. The van der Waals surface area contributed by atoms with Crippen molar-refractivity contribution in [3.63, 3.8) is 0 Å². The lowest BCUT2D eigenvalue weighted by atomic mass is 9.67. The fourth-order valence-electron chi connectivity index (χ4n) is 4.17. The first kappa shape index (κ1) is 13.1. The van der Waals surface area contributed by atoms with Gasteiger partial charge in [0.1, 0.15) is 5.78 Å². The fourth-order valence-corrected chi connectivity index (χ4v) is 4.17. The summed E-state index contributed by atoms with van der Waals surface area (Å²) in [7, 11) is 0. The van der Waals surface area contributed by atoms with Crippen molar-refractivity contribution in [3.05, 3.63) is 0 Å². The second-order valence-corrected chi connectivity index (χ2v) is 6.90. The maximum absolute atomic E-state index is 12.6. The molecule has 1 aliphatic heterocycles. The Morgan fingerprint density at radius 3 is 2.21 bits per heavy atom. The molecule has 3 aliphatic rings. The number of hydrogen-bond acceptors (Lipinski definition) is 2. The zero-order valence-electron chi connectivity index (χ0n) is 11.9. The van der Waals surface area contributed by atoms with Crippen molar-refractivity contribution in [2.75, 3.05) is 13.1 Å². The van der Waals surface area contributed by atoms with E-state index in [-0.39, 0.29) is 17.8 Å². The monoisotopic (exact) mass is 263 g/mol. The van der Waals surface area contributed by atoms with Gasteiger partial charge in [-0.1, -0.05) is 13.3 Å². The van der Waals surface area contributed by atoms with Crippen LogP contribution < -0.4 is 0 Å². The summed E-state index contributed by atoms with van der Waals surface area (Å²) in [5, 5.41) is 0. The van der Waals surface area contributed by atoms with Gasteiger partial charge in [0.15, 0.2) is 0 Å². The Kier molecular flexibility index (Phi) is 3.64. The molecule has 0 spiro atoms. The van der Waals surface area contributed by atoms with E-state index in [1.807, 2.05) is 0 Å². The van der Waals surface area contributed by atoms with Gasteiger partial charge in [-0.25, -0.2) is 0 Å². The van der Waals surface area contributed by atoms with Gasteiger partial charge in [-0.05, 0) is 44.4 Å². The van der Waals surface area contributed by atoms with Crippen molar-refractivity contribution in [2.45, 2.75) is 51.9 Å². The number of piperidine rings is 1. The topological polar surface area (TPSA) is 37.4 Å². The molecule has 3 rings (SSSR count). The number of hydrogen-bond donors (Lipinski definition) is 0. The minimum Gasteiger partial charge on any atom is -0.342 e. The maximum atomic E-state index is 12.6. The Hall–Kier alpha value is -0.860. The standard InChI is InChI=1S/C16H25NO2/c1-11-5-7-17(8-6-11)16(19)14-9-12-3-2-4-13(10-14)15(12)18/h11-14H,2-10H2,1H3. The highest BCUT2D eigenvalue weighted by Crippen LogP contribution is 2.40. The number of rotatable bonds is 1. The second-order valence-electron chi connectivity index (χ2n) is 6.90. The van der Waals surface area contributed by atoms with Gasteiger partial charge < -0.3 is 4.90 Å². The van der Waals surface area contributed by atoms with Crippen LogP contribution in [-0.2, 0) is 9.59 Å². The predicted octanol–water partition coefficient (Wildman–Crippen LogP) is 2.64. The first-order chi connectivity index (χ1) is 9.15. The SMILES string of the molecule is CC1CCN(C(=O)C2CC3CCCC(C2)C3=O)CC1. The van der Waals surface area contributed by atoms with Crippen molar-refractivity contribution in [1.29, 1.82) is 0 Å². The van der Waals surface area contributed by atoms with E-state index in [4.69, 9.17) is 0 Å². The van der Waals surface area contributed by atoms with E-state index in [0.717, 1.165) is 57.5 Å². The summed E-state index contributed by atoms with van der Waals surface area (Å²) in [6, 6.07) is 0. The van der Waals surface area contributed by atoms with Crippen LogP contribution in [0.1, 0.15) is 51.9 Å². The van der Waals surface area contributed by atoms with Crippen LogP contribution in [0, 0.1) is 23.7 Å². The molecule has 0 N–H and O–H groups in total. The average molecular weight is 263 g/mol. The summed E-state index contributed by atoms with van der Waals surface area (Å²) in [4.78, 5) is 26.7. The Bertz CT molecular complexity index is 355. The Labute approximate surface area is 115 Å². The van der Waals surface area contributed by atoms with E-state index >= 15 is 0 Å². The molecule has 2 aliphatic carbocycles. The van der Waals surface area contributed by atoms with Crippen LogP contribution in [0.25, 0.3) is 0 Å². The van der Waals surface area contributed by atoms with E-state index in [1.165, 1.54) is 6.42 Å². The smallest absolute Gasteiger partial charge is 0.225 e. The number of nitrogens with zero attached hydrogens (tertiary/aromatic N) is 1. The molecule has 1 saturated heterocycles. The molecule has 2 saturated carbocycles. The number of amides is 1. The van der Waals surface area contributed by atoms with Crippen LogP contribution >= 0.6 is 0 Å². The van der Waals surface area contributed by atoms with Gasteiger partial charge in [-0.3, -0.25) is 9.59 Å². The van der Waals surface area contributed by atoms with Gasteiger partial charge in [-0.2, -0.15) is 0 Å². The number of likely N-dealkylation sites (tertiary alicyclic amines) is 1. The Balaban J connectivity index is 1.63. The lowest BCUT2D eigenvalue weighted by Crippen LogP contribution is -2.46. The van der Waals surface area contributed by atoms with Gasteiger partial charge in [0, 0.05) is 30.8 Å². The maximum Gasteiger partial charge on any atom is 0.225 e. The van der Waals surface area contributed by atoms with E-state index in [9.17, 15) is 9.59 Å². The molecule has 1 heterocycles. The van der Waals surface area contributed by atoms with E-state index in [2.05, 4.69) is 11.8 Å². The first-order valence-electron chi connectivity index (χ1n) is 7.97. The van der Waals surface area contributed by atoms with Crippen LogP contribution in [0.5, 0.6) is 0 Å². The highest BCUT2D eigenvalue weighted by atomic mass is 16.2. The van der Waals surface area contributed by atoms with Crippen LogP contribution in [0.15, 0.2) is 0 Å². The van der Waals surface area contributed by atoms with E-state index in [0.29, 0.717) is 11.7 Å². The van der Waals surface area contributed by atoms with E-state index < -0.39 is 0 Å². The zero-order chi connectivity index (χ0) is 13.4. The van der Waals surface area contributed by atoms with Gasteiger partial charge in [0.2, 0.25) is 5.91 Å². The van der Waals surface area contributed by atoms with Crippen molar-refractivity contribution in [2.24, 2.45) is 23.7 Å². The summed E-state index contributed by atoms with van der Waals surface area (Å²) in [5.41, 5.74) is 0. The molecule has 0 radical (unpaired) electrons. The third-order valence-corrected chi connectivity index (χ3v) is 5.49. The third-order valence-electron chi connectivity index (χ3n) is 5.49. The van der Waals surface area contributed by atoms with Gasteiger partial charge in [0.05, 0.1) is 0 Å². The number of ketones is 1. The first-order valence-corrected chi connectivity index (χ1v) is 7.97. The van der Waals surface area contributed by atoms with Crippen LogP contribution in [-0.4, -0.2) is 29.7 Å². The summed E-state index contributed by atoms with van der Waals surface area (Å²) in [6.45, 7) is 4.13. The predicted molar refractivity (Wildman–Crippen MR) is 73.5 cm³/mol. The fraction of sp³-hybridized carbons (Fsp3) is 0.875. The van der Waals surface area contributed by atoms with Crippen molar-refractivity contribution < 1.29 is 9.59 Å². The van der Waals surface area contributed by atoms with Gasteiger partial charge >= 0.3 is 0 Å². The number of carbonyl (C=O) groups excluding carboxylic acids is 2. The summed E-state index contributed by atoms with van der Waals surface area (Å²) in [5.74, 6) is 2.10. The highest BCUT2D eigenvalue weighted by Gasteiger charge is 2.42. The normalized spacial score (nSPS) is 36.4. The lowest BCUT2D eigenvalue weighted by Gasteiger charge is -2.40. The molecule has 106 valence electrons. The summed E-state index contributed by atoms with van der Waals surface area (Å²) >= 11 is 0. The van der Waals surface area contributed by atoms with Crippen molar-refractivity contribution in [1.82, 2.24) is 4.90 Å². The minimum absolute atomic E-state index is 0.140. The number of carbonyl (C=O) groups is 2. The number of fused-ring (bicyclic) bond motifs is 2. The number of Topliss-reactive ketones (excluding diaryl/α,β-unsaturated/α-hetero) is 1. The molecule has 2 unspecified atom stereocenters. The van der Waals surface area contributed by atoms with Crippen molar-refractivity contribution in [3.8, 4) is 0 Å². The molecule has 19 heavy (non-hydrogen) atoms. The zero-order valence-corrected chi connectivity index (χ0v) is 11.9. The Morgan fingerprint density at radius 2 is 1.63 bits per heavy atom. The summed E-state index contributed by atoms with van der Waals surface area (Å²) in [6.07, 6.45) is 7.18. The highest BCUT2D eigenvalue weighted by molar-refractivity contribution is 5.88. The molecule has 2 atom stereocenters. The molecular weight excluding hydrogens is 238 g/mol. The molecule has 3 nitrogen and oxygen atoms in total. The molecule has 0 aromatic rings. The minimum atomic E-state index is 0.140. The quantitative estimate of drug-likeness (QED) is 0.729. The lowest BCUT2D eigenvalue weighted by molar-refractivity contribution is -0.144. The molecule has 1 amide bonds. The molecule has 3 fully saturated rings. The van der Waals surface area contributed by atoms with E-state index in [1.54, 1.807) is 0 Å². The van der Waals surface area contributed by atoms with Crippen molar-refractivity contribution >= 4 is 11.7 Å². The van der Waals surface area contributed by atoms with Crippen LogP contribution in [0.3, 0.4) is 0 Å². The second kappa shape index (κ2) is 5.26. The van der Waals surface area contributed by atoms with Gasteiger partial charge in [0.25, 0.3) is 0 Å².